The standard InChI is InChI=1S/C20H20N4S/c1-14-11-12-17(23(14)2)19-18(16-10-6-7-13-21-16)22-20(25)24(19)15-8-4-3-5-9-15/h3-13,18-19H,1-2H3,(H,22,25)/t18-,19+/m1/s1. The number of nitrogens with one attached hydrogen (secondary N) is 1. The molecule has 0 saturated carbocycles. The molecule has 0 aliphatic carbocycles. The number of aromatic nitrogens is 2. The minimum Gasteiger partial charge on any atom is -0.351 e. The van der Waals surface area contributed by atoms with Gasteiger partial charge in [-0.1, -0.05) is 24.3 Å². The van der Waals surface area contributed by atoms with Crippen LogP contribution in [0.25, 0.3) is 0 Å². The minimum atomic E-state index is 0.00176. The summed E-state index contributed by atoms with van der Waals surface area (Å²) in [5, 5.41) is 4.21. The van der Waals surface area contributed by atoms with Gasteiger partial charge in [-0.15, -0.1) is 0 Å². The summed E-state index contributed by atoms with van der Waals surface area (Å²) in [6.07, 6.45) is 1.83. The first-order valence-corrected chi connectivity index (χ1v) is 8.75. The van der Waals surface area contributed by atoms with Gasteiger partial charge in [0, 0.05) is 30.3 Å². The highest BCUT2D eigenvalue weighted by molar-refractivity contribution is 7.80. The van der Waals surface area contributed by atoms with E-state index in [1.807, 2.05) is 36.5 Å². The Morgan fingerprint density at radius 2 is 1.76 bits per heavy atom. The van der Waals surface area contributed by atoms with Crippen molar-refractivity contribution in [1.82, 2.24) is 14.9 Å². The van der Waals surface area contributed by atoms with Crippen molar-refractivity contribution in [2.24, 2.45) is 7.05 Å². The molecule has 25 heavy (non-hydrogen) atoms. The second kappa shape index (κ2) is 6.33. The van der Waals surface area contributed by atoms with Gasteiger partial charge in [0.2, 0.25) is 0 Å². The Bertz CT molecular complexity index is 889. The molecule has 1 N–H and O–H groups in total. The topological polar surface area (TPSA) is 33.1 Å². The number of rotatable bonds is 3. The van der Waals surface area contributed by atoms with E-state index in [1.54, 1.807) is 0 Å². The van der Waals surface area contributed by atoms with Crippen molar-refractivity contribution in [1.29, 1.82) is 0 Å². The van der Waals surface area contributed by atoms with Gasteiger partial charge < -0.3 is 14.8 Å². The third-order valence-corrected chi connectivity index (χ3v) is 5.16. The summed E-state index contributed by atoms with van der Waals surface area (Å²) >= 11 is 5.70. The number of nitrogens with zero attached hydrogens (tertiary/aromatic N) is 3. The Morgan fingerprint density at radius 3 is 2.40 bits per heavy atom. The lowest BCUT2D eigenvalue weighted by atomic mass is 10.0. The van der Waals surface area contributed by atoms with E-state index < -0.39 is 0 Å². The van der Waals surface area contributed by atoms with Gasteiger partial charge in [0.05, 0.1) is 11.7 Å². The molecule has 2 aromatic heterocycles. The Labute approximate surface area is 153 Å². The monoisotopic (exact) mass is 348 g/mol. The fraction of sp³-hybridized carbons (Fsp3) is 0.200. The van der Waals surface area contributed by atoms with E-state index in [0.29, 0.717) is 0 Å². The zero-order chi connectivity index (χ0) is 17.4. The average molecular weight is 348 g/mol. The molecule has 1 fully saturated rings. The van der Waals surface area contributed by atoms with Gasteiger partial charge in [-0.25, -0.2) is 0 Å². The van der Waals surface area contributed by atoms with Crippen LogP contribution in [0.15, 0.2) is 66.9 Å². The lowest BCUT2D eigenvalue weighted by Crippen LogP contribution is -2.30. The number of hydrogen-bond acceptors (Lipinski definition) is 2. The van der Waals surface area contributed by atoms with E-state index in [-0.39, 0.29) is 12.1 Å². The van der Waals surface area contributed by atoms with Gasteiger partial charge >= 0.3 is 0 Å². The van der Waals surface area contributed by atoms with E-state index in [2.05, 4.69) is 64.1 Å². The molecular weight excluding hydrogens is 328 g/mol. The summed E-state index contributed by atoms with van der Waals surface area (Å²) in [5.41, 5.74) is 4.51. The highest BCUT2D eigenvalue weighted by Crippen LogP contribution is 2.41. The highest BCUT2D eigenvalue weighted by Gasteiger charge is 2.41. The molecule has 0 radical (unpaired) electrons. The van der Waals surface area contributed by atoms with Gasteiger partial charge in [0.1, 0.15) is 6.04 Å². The molecule has 126 valence electrons. The molecule has 1 aromatic carbocycles. The summed E-state index contributed by atoms with van der Waals surface area (Å²) in [4.78, 5) is 6.78. The predicted octanol–water partition coefficient (Wildman–Crippen LogP) is 3.91. The maximum absolute atomic E-state index is 5.70. The van der Waals surface area contributed by atoms with Crippen molar-refractivity contribution in [2.45, 2.75) is 19.0 Å². The predicted molar refractivity (Wildman–Crippen MR) is 105 cm³/mol. The molecule has 1 aliphatic heterocycles. The molecule has 3 aromatic rings. The number of thiocarbonyl (C=S) groups is 1. The van der Waals surface area contributed by atoms with Crippen molar-refractivity contribution >= 4 is 23.0 Å². The van der Waals surface area contributed by atoms with Crippen LogP contribution in [0, 0.1) is 6.92 Å². The third kappa shape index (κ3) is 2.70. The van der Waals surface area contributed by atoms with Gasteiger partial charge in [-0.2, -0.15) is 0 Å². The molecule has 0 bridgehead atoms. The van der Waals surface area contributed by atoms with Crippen molar-refractivity contribution in [3.05, 3.63) is 83.9 Å². The summed E-state index contributed by atoms with van der Waals surface area (Å²) in [5.74, 6) is 0. The fourth-order valence-electron chi connectivity index (χ4n) is 3.45. The first-order chi connectivity index (χ1) is 12.2. The molecule has 4 nitrogen and oxygen atoms in total. The fourth-order valence-corrected chi connectivity index (χ4v) is 3.80. The van der Waals surface area contributed by atoms with E-state index in [9.17, 15) is 0 Å². The van der Waals surface area contributed by atoms with Crippen molar-refractivity contribution in [3.8, 4) is 0 Å². The van der Waals surface area contributed by atoms with Crippen LogP contribution in [0.4, 0.5) is 5.69 Å². The zero-order valence-electron chi connectivity index (χ0n) is 14.3. The first-order valence-electron chi connectivity index (χ1n) is 8.35. The zero-order valence-corrected chi connectivity index (χ0v) is 15.1. The number of hydrogen-bond donors (Lipinski definition) is 1. The van der Waals surface area contributed by atoms with Crippen LogP contribution in [0.2, 0.25) is 0 Å². The van der Waals surface area contributed by atoms with Gasteiger partial charge in [0.25, 0.3) is 0 Å². The molecule has 5 heteroatoms. The molecule has 0 spiro atoms. The first kappa shape index (κ1) is 15.8. The van der Waals surface area contributed by atoms with Crippen molar-refractivity contribution < 1.29 is 0 Å². The van der Waals surface area contributed by atoms with Crippen LogP contribution in [0.3, 0.4) is 0 Å². The molecule has 1 saturated heterocycles. The van der Waals surface area contributed by atoms with Gasteiger partial charge in [-0.05, 0) is 55.5 Å². The van der Waals surface area contributed by atoms with Crippen LogP contribution < -0.4 is 10.2 Å². The van der Waals surface area contributed by atoms with E-state index in [4.69, 9.17) is 12.2 Å². The Morgan fingerprint density at radius 1 is 1.00 bits per heavy atom. The van der Waals surface area contributed by atoms with Crippen LogP contribution in [0.5, 0.6) is 0 Å². The van der Waals surface area contributed by atoms with E-state index in [0.717, 1.165) is 16.5 Å². The quantitative estimate of drug-likeness (QED) is 0.728. The minimum absolute atomic E-state index is 0.00176. The van der Waals surface area contributed by atoms with Crippen LogP contribution in [0.1, 0.15) is 29.2 Å². The summed E-state index contributed by atoms with van der Waals surface area (Å²) in [7, 11) is 2.10. The molecule has 0 unspecified atom stereocenters. The van der Waals surface area contributed by atoms with Crippen molar-refractivity contribution in [3.63, 3.8) is 0 Å². The normalized spacial score (nSPS) is 19.9. The average Bonchev–Trinajstić information content (AvgIpc) is 3.16. The lowest BCUT2D eigenvalue weighted by molar-refractivity contribution is 0.539. The molecule has 3 heterocycles. The smallest absolute Gasteiger partial charge is 0.174 e. The number of anilines is 1. The lowest BCUT2D eigenvalue weighted by Gasteiger charge is -2.28. The molecular formula is C20H20N4S. The van der Waals surface area contributed by atoms with Crippen LogP contribution >= 0.6 is 12.2 Å². The SMILES string of the molecule is Cc1ccc([C@H]2[C@@H](c3ccccn3)NC(=S)N2c2ccccc2)n1C. The number of pyridine rings is 1. The Hall–Kier alpha value is -2.66. The van der Waals surface area contributed by atoms with E-state index >= 15 is 0 Å². The maximum atomic E-state index is 5.70. The Kier molecular flexibility index (Phi) is 4.01. The number of aryl methyl sites for hydroxylation is 1. The molecule has 2 atom stereocenters. The second-order valence-electron chi connectivity index (χ2n) is 6.29. The van der Waals surface area contributed by atoms with Crippen molar-refractivity contribution in [2.75, 3.05) is 4.90 Å². The number of para-hydroxylation sites is 1. The summed E-state index contributed by atoms with van der Waals surface area (Å²) in [6, 6.07) is 20.7. The molecule has 4 rings (SSSR count). The Balaban J connectivity index is 1.86. The maximum Gasteiger partial charge on any atom is 0.174 e. The third-order valence-electron chi connectivity index (χ3n) is 4.85. The number of benzene rings is 1. The van der Waals surface area contributed by atoms with Gasteiger partial charge in [0.15, 0.2) is 5.11 Å². The van der Waals surface area contributed by atoms with Crippen LogP contribution in [-0.4, -0.2) is 14.7 Å². The van der Waals surface area contributed by atoms with E-state index in [1.165, 1.54) is 11.4 Å². The highest BCUT2D eigenvalue weighted by atomic mass is 32.1. The second-order valence-corrected chi connectivity index (χ2v) is 6.68. The van der Waals surface area contributed by atoms with Gasteiger partial charge in [-0.3, -0.25) is 4.98 Å². The summed E-state index contributed by atoms with van der Waals surface area (Å²) in [6.45, 7) is 2.12. The summed E-state index contributed by atoms with van der Waals surface area (Å²) < 4.78 is 2.23. The van der Waals surface area contributed by atoms with Crippen LogP contribution in [-0.2, 0) is 7.05 Å². The molecule has 0 amide bonds. The molecule has 1 aliphatic rings. The largest absolute Gasteiger partial charge is 0.351 e.